The summed E-state index contributed by atoms with van der Waals surface area (Å²) in [5.41, 5.74) is 1.15. The fraction of sp³-hybridized carbons (Fsp3) is 0.529. The molecule has 2 aromatic heterocycles. The lowest BCUT2D eigenvalue weighted by Gasteiger charge is -2.27. The first kappa shape index (κ1) is 14.7. The molecule has 2 fully saturated rings. The highest BCUT2D eigenvalue weighted by Gasteiger charge is 2.28. The Balaban J connectivity index is 1.42. The van der Waals surface area contributed by atoms with E-state index in [0.29, 0.717) is 6.04 Å². The summed E-state index contributed by atoms with van der Waals surface area (Å²) in [6, 6.07) is 4.41. The summed E-state index contributed by atoms with van der Waals surface area (Å²) in [5.74, 6) is 1.87. The topological polar surface area (TPSA) is 54.6 Å². The lowest BCUT2D eigenvalue weighted by atomic mass is 10.1. The van der Waals surface area contributed by atoms with Crippen molar-refractivity contribution in [2.45, 2.75) is 25.4 Å². The third-order valence-electron chi connectivity index (χ3n) is 4.61. The molecule has 0 amide bonds. The highest BCUT2D eigenvalue weighted by atomic mass is 16.5. The lowest BCUT2D eigenvalue weighted by Crippen LogP contribution is -2.37. The van der Waals surface area contributed by atoms with Crippen LogP contribution in [0, 0.1) is 0 Å². The van der Waals surface area contributed by atoms with E-state index in [1.54, 1.807) is 6.26 Å². The Labute approximate surface area is 136 Å². The summed E-state index contributed by atoms with van der Waals surface area (Å²) in [7, 11) is 0. The van der Waals surface area contributed by atoms with E-state index in [4.69, 9.17) is 9.15 Å². The van der Waals surface area contributed by atoms with E-state index in [0.717, 1.165) is 63.1 Å². The van der Waals surface area contributed by atoms with Crippen molar-refractivity contribution < 1.29 is 9.15 Å². The van der Waals surface area contributed by atoms with Crippen molar-refractivity contribution in [1.29, 1.82) is 0 Å². The Kier molecular flexibility index (Phi) is 4.26. The number of furan rings is 1. The van der Waals surface area contributed by atoms with Gasteiger partial charge in [0, 0.05) is 37.6 Å². The van der Waals surface area contributed by atoms with Crippen LogP contribution in [0.5, 0.6) is 0 Å². The molecule has 122 valence electrons. The fourth-order valence-electron chi connectivity index (χ4n) is 3.41. The van der Waals surface area contributed by atoms with Crippen LogP contribution in [0.15, 0.2) is 35.2 Å². The van der Waals surface area contributed by atoms with Crippen LogP contribution in [-0.4, -0.2) is 47.7 Å². The Morgan fingerprint density at radius 2 is 1.96 bits per heavy atom. The van der Waals surface area contributed by atoms with Gasteiger partial charge in [-0.15, -0.1) is 0 Å². The Morgan fingerprint density at radius 3 is 2.70 bits per heavy atom. The molecule has 2 aliphatic heterocycles. The number of rotatable bonds is 4. The van der Waals surface area contributed by atoms with Gasteiger partial charge >= 0.3 is 0 Å². The van der Waals surface area contributed by atoms with E-state index < -0.39 is 0 Å². The van der Waals surface area contributed by atoms with Gasteiger partial charge in [-0.05, 0) is 31.5 Å². The molecule has 0 N–H and O–H groups in total. The second kappa shape index (κ2) is 6.68. The lowest BCUT2D eigenvalue weighted by molar-refractivity contribution is 0.122. The van der Waals surface area contributed by atoms with Gasteiger partial charge in [-0.25, -0.2) is 9.97 Å². The maximum absolute atomic E-state index is 5.59. The molecule has 6 nitrogen and oxygen atoms in total. The van der Waals surface area contributed by atoms with Gasteiger partial charge in [0.15, 0.2) is 0 Å². The normalized spacial score (nSPS) is 22.6. The largest absolute Gasteiger partial charge is 0.468 e. The standard InChI is InChI=1S/C17H22N4O2/c1-3-15(16-4-2-8-23-16)21(5-1)13-14-11-18-17(19-12-14)20-6-9-22-10-7-20/h2,4,8,11-12,15H,1,3,5-7,9-10,13H2/t15-/m0/s1. The van der Waals surface area contributed by atoms with Gasteiger partial charge in [-0.2, -0.15) is 0 Å². The van der Waals surface area contributed by atoms with Gasteiger partial charge in [0.2, 0.25) is 5.95 Å². The first-order valence-corrected chi connectivity index (χ1v) is 8.31. The van der Waals surface area contributed by atoms with Gasteiger partial charge in [-0.3, -0.25) is 4.90 Å². The predicted molar refractivity (Wildman–Crippen MR) is 86.2 cm³/mol. The summed E-state index contributed by atoms with van der Waals surface area (Å²) in [4.78, 5) is 13.7. The number of ether oxygens (including phenoxy) is 1. The first-order valence-electron chi connectivity index (χ1n) is 8.31. The van der Waals surface area contributed by atoms with Crippen LogP contribution < -0.4 is 4.90 Å². The molecule has 2 aliphatic rings. The highest BCUT2D eigenvalue weighted by Crippen LogP contribution is 2.33. The van der Waals surface area contributed by atoms with Crippen LogP contribution in [0.1, 0.15) is 30.2 Å². The van der Waals surface area contributed by atoms with Crippen molar-refractivity contribution in [3.8, 4) is 0 Å². The zero-order valence-corrected chi connectivity index (χ0v) is 13.2. The Morgan fingerprint density at radius 1 is 1.13 bits per heavy atom. The van der Waals surface area contributed by atoms with Crippen molar-refractivity contribution >= 4 is 5.95 Å². The van der Waals surface area contributed by atoms with Crippen LogP contribution in [0.3, 0.4) is 0 Å². The molecule has 0 bridgehead atoms. The van der Waals surface area contributed by atoms with E-state index in [-0.39, 0.29) is 0 Å². The smallest absolute Gasteiger partial charge is 0.225 e. The number of anilines is 1. The maximum Gasteiger partial charge on any atom is 0.225 e. The number of aromatic nitrogens is 2. The molecular weight excluding hydrogens is 292 g/mol. The molecule has 2 aromatic rings. The van der Waals surface area contributed by atoms with Crippen LogP contribution in [0.2, 0.25) is 0 Å². The molecule has 0 spiro atoms. The molecule has 0 saturated carbocycles. The van der Waals surface area contributed by atoms with Crippen molar-refractivity contribution in [3.05, 3.63) is 42.1 Å². The van der Waals surface area contributed by atoms with Gasteiger partial charge in [0.05, 0.1) is 25.5 Å². The second-order valence-electron chi connectivity index (χ2n) is 6.13. The van der Waals surface area contributed by atoms with Crippen molar-refractivity contribution in [2.24, 2.45) is 0 Å². The maximum atomic E-state index is 5.59. The molecule has 0 aliphatic carbocycles. The molecule has 4 heterocycles. The number of nitrogens with zero attached hydrogens (tertiary/aromatic N) is 4. The molecule has 0 aromatic carbocycles. The SMILES string of the molecule is c1coc([C@@H]2CCCN2Cc2cnc(N3CCOCC3)nc2)c1. The minimum Gasteiger partial charge on any atom is -0.468 e. The van der Waals surface area contributed by atoms with Gasteiger partial charge < -0.3 is 14.1 Å². The molecule has 1 atom stereocenters. The third-order valence-corrected chi connectivity index (χ3v) is 4.61. The minimum atomic E-state index is 0.379. The minimum absolute atomic E-state index is 0.379. The summed E-state index contributed by atoms with van der Waals surface area (Å²) in [5, 5.41) is 0. The number of likely N-dealkylation sites (tertiary alicyclic amines) is 1. The number of morpholine rings is 1. The summed E-state index contributed by atoms with van der Waals surface area (Å²) in [6.45, 7) is 5.21. The predicted octanol–water partition coefficient (Wildman–Crippen LogP) is 2.24. The van der Waals surface area contributed by atoms with E-state index in [1.165, 1.54) is 6.42 Å². The molecule has 0 radical (unpaired) electrons. The second-order valence-corrected chi connectivity index (χ2v) is 6.13. The quantitative estimate of drug-likeness (QED) is 0.863. The summed E-state index contributed by atoms with van der Waals surface area (Å²) in [6.07, 6.45) is 8.02. The molecule has 2 saturated heterocycles. The fourth-order valence-corrected chi connectivity index (χ4v) is 3.41. The number of hydrogen-bond donors (Lipinski definition) is 0. The van der Waals surface area contributed by atoms with Crippen molar-refractivity contribution in [1.82, 2.24) is 14.9 Å². The molecule has 0 unspecified atom stereocenters. The Bertz CT molecular complexity index is 608. The first-order chi connectivity index (χ1) is 11.4. The highest BCUT2D eigenvalue weighted by molar-refractivity contribution is 5.30. The van der Waals surface area contributed by atoms with E-state index >= 15 is 0 Å². The molecular formula is C17H22N4O2. The van der Waals surface area contributed by atoms with Crippen LogP contribution >= 0.6 is 0 Å². The number of hydrogen-bond acceptors (Lipinski definition) is 6. The van der Waals surface area contributed by atoms with Crippen molar-refractivity contribution in [2.75, 3.05) is 37.7 Å². The van der Waals surface area contributed by atoms with Crippen molar-refractivity contribution in [3.63, 3.8) is 0 Å². The van der Waals surface area contributed by atoms with E-state index in [1.807, 2.05) is 18.5 Å². The molecule has 6 heteroatoms. The van der Waals surface area contributed by atoms with Crippen LogP contribution in [-0.2, 0) is 11.3 Å². The van der Waals surface area contributed by atoms with Gasteiger partial charge in [0.1, 0.15) is 5.76 Å². The van der Waals surface area contributed by atoms with Gasteiger partial charge in [-0.1, -0.05) is 0 Å². The summed E-state index contributed by atoms with van der Waals surface area (Å²) < 4.78 is 11.0. The zero-order chi connectivity index (χ0) is 15.5. The van der Waals surface area contributed by atoms with E-state index in [9.17, 15) is 0 Å². The third kappa shape index (κ3) is 3.23. The zero-order valence-electron chi connectivity index (χ0n) is 13.2. The average Bonchev–Trinajstić information content (AvgIpc) is 3.27. The van der Waals surface area contributed by atoms with Gasteiger partial charge in [0.25, 0.3) is 0 Å². The monoisotopic (exact) mass is 314 g/mol. The van der Waals surface area contributed by atoms with E-state index in [2.05, 4.69) is 25.8 Å². The Hall–Kier alpha value is -1.92. The summed E-state index contributed by atoms with van der Waals surface area (Å²) >= 11 is 0. The molecule has 4 rings (SSSR count). The average molecular weight is 314 g/mol. The van der Waals surface area contributed by atoms with Crippen LogP contribution in [0.25, 0.3) is 0 Å². The van der Waals surface area contributed by atoms with Crippen LogP contribution in [0.4, 0.5) is 5.95 Å². The molecule has 23 heavy (non-hydrogen) atoms.